The van der Waals surface area contributed by atoms with Gasteiger partial charge in [-0.05, 0) is 56.5 Å². The second-order valence-electron chi connectivity index (χ2n) is 5.29. The molecule has 21 heavy (non-hydrogen) atoms. The van der Waals surface area contributed by atoms with E-state index in [0.29, 0.717) is 12.5 Å². The molecule has 2 N–H and O–H groups in total. The molecule has 1 amide bonds. The van der Waals surface area contributed by atoms with Crippen molar-refractivity contribution >= 4 is 18.3 Å². The number of nitrogens with one attached hydrogen (secondary N) is 2. The van der Waals surface area contributed by atoms with E-state index in [4.69, 9.17) is 4.74 Å². The molecule has 0 atom stereocenters. The summed E-state index contributed by atoms with van der Waals surface area (Å²) in [4.78, 5) is 11.9. The lowest BCUT2D eigenvalue weighted by molar-refractivity contribution is -0.122. The first-order chi connectivity index (χ1) is 9.78. The van der Waals surface area contributed by atoms with Crippen LogP contribution in [0.4, 0.5) is 0 Å². The van der Waals surface area contributed by atoms with Crippen molar-refractivity contribution in [1.82, 2.24) is 10.6 Å². The zero-order valence-corrected chi connectivity index (χ0v) is 13.4. The molecule has 1 fully saturated rings. The molecule has 2 rings (SSSR count). The van der Waals surface area contributed by atoms with E-state index in [1.807, 2.05) is 12.1 Å². The van der Waals surface area contributed by atoms with Crippen LogP contribution in [0.5, 0.6) is 5.75 Å². The molecule has 0 radical (unpaired) electrons. The van der Waals surface area contributed by atoms with Gasteiger partial charge < -0.3 is 15.4 Å². The Balaban J connectivity index is 0.00000220. The van der Waals surface area contributed by atoms with E-state index in [1.165, 1.54) is 5.56 Å². The molecule has 1 aliphatic heterocycles. The average molecular weight is 313 g/mol. The molecule has 0 bridgehead atoms. The number of hydrogen-bond acceptors (Lipinski definition) is 3. The first kappa shape index (κ1) is 17.8. The van der Waals surface area contributed by atoms with Crippen LogP contribution in [0.1, 0.15) is 31.2 Å². The standard InChI is InChI=1S/C16H24N2O2.ClH/c1-20-15-7-5-13(6-8-15)3-2-4-16(19)18-14-9-11-17-12-10-14;/h5-8,14,17H,2-4,9-12H2,1H3,(H,18,19);1H. The van der Waals surface area contributed by atoms with Gasteiger partial charge in [-0.2, -0.15) is 0 Å². The van der Waals surface area contributed by atoms with Gasteiger partial charge in [0, 0.05) is 12.5 Å². The van der Waals surface area contributed by atoms with Gasteiger partial charge in [0.15, 0.2) is 0 Å². The average Bonchev–Trinajstić information content (AvgIpc) is 2.49. The van der Waals surface area contributed by atoms with Gasteiger partial charge in [0.05, 0.1) is 7.11 Å². The number of ether oxygens (including phenoxy) is 1. The van der Waals surface area contributed by atoms with Gasteiger partial charge in [-0.1, -0.05) is 12.1 Å². The number of carbonyl (C=O) groups excluding carboxylic acids is 1. The van der Waals surface area contributed by atoms with Crippen molar-refractivity contribution < 1.29 is 9.53 Å². The highest BCUT2D eigenvalue weighted by Gasteiger charge is 2.14. The summed E-state index contributed by atoms with van der Waals surface area (Å²) in [7, 11) is 1.67. The fourth-order valence-corrected chi connectivity index (χ4v) is 2.51. The van der Waals surface area contributed by atoms with Gasteiger partial charge in [0.1, 0.15) is 5.75 Å². The van der Waals surface area contributed by atoms with Crippen molar-refractivity contribution in [2.75, 3.05) is 20.2 Å². The Labute approximate surface area is 133 Å². The van der Waals surface area contributed by atoms with Crippen LogP contribution in [-0.2, 0) is 11.2 Å². The van der Waals surface area contributed by atoms with Crippen LogP contribution < -0.4 is 15.4 Å². The largest absolute Gasteiger partial charge is 0.497 e. The molecule has 0 spiro atoms. The summed E-state index contributed by atoms with van der Waals surface area (Å²) in [5.41, 5.74) is 1.25. The smallest absolute Gasteiger partial charge is 0.220 e. The number of piperidine rings is 1. The number of benzene rings is 1. The maximum atomic E-state index is 11.9. The Bertz CT molecular complexity index is 417. The topological polar surface area (TPSA) is 50.4 Å². The minimum absolute atomic E-state index is 0. The molecule has 1 aromatic rings. The Hall–Kier alpha value is -1.26. The van der Waals surface area contributed by atoms with Crippen molar-refractivity contribution in [1.29, 1.82) is 0 Å². The van der Waals surface area contributed by atoms with Gasteiger partial charge in [-0.25, -0.2) is 0 Å². The van der Waals surface area contributed by atoms with Crippen molar-refractivity contribution in [3.63, 3.8) is 0 Å². The molecule has 1 aliphatic rings. The Morgan fingerprint density at radius 2 is 1.95 bits per heavy atom. The van der Waals surface area contributed by atoms with Crippen LogP contribution in [0.15, 0.2) is 24.3 Å². The molecule has 1 saturated heterocycles. The van der Waals surface area contributed by atoms with Crippen LogP contribution in [-0.4, -0.2) is 32.1 Å². The zero-order valence-electron chi connectivity index (χ0n) is 12.6. The number of halogens is 1. The van der Waals surface area contributed by atoms with Crippen LogP contribution >= 0.6 is 12.4 Å². The predicted molar refractivity (Wildman–Crippen MR) is 87.2 cm³/mol. The van der Waals surface area contributed by atoms with Crippen LogP contribution in [0, 0.1) is 0 Å². The fourth-order valence-electron chi connectivity index (χ4n) is 2.51. The highest BCUT2D eigenvalue weighted by atomic mass is 35.5. The fraction of sp³-hybridized carbons (Fsp3) is 0.562. The van der Waals surface area contributed by atoms with E-state index < -0.39 is 0 Å². The highest BCUT2D eigenvalue weighted by Crippen LogP contribution is 2.13. The lowest BCUT2D eigenvalue weighted by Crippen LogP contribution is -2.42. The van der Waals surface area contributed by atoms with E-state index >= 15 is 0 Å². The van der Waals surface area contributed by atoms with E-state index in [1.54, 1.807) is 7.11 Å². The van der Waals surface area contributed by atoms with E-state index in [0.717, 1.165) is 44.5 Å². The van der Waals surface area contributed by atoms with Gasteiger partial charge >= 0.3 is 0 Å². The van der Waals surface area contributed by atoms with Gasteiger partial charge in [-0.15, -0.1) is 12.4 Å². The summed E-state index contributed by atoms with van der Waals surface area (Å²) in [6, 6.07) is 8.41. The normalized spacial score (nSPS) is 15.1. The monoisotopic (exact) mass is 312 g/mol. The predicted octanol–water partition coefficient (Wildman–Crippen LogP) is 2.31. The number of rotatable bonds is 6. The lowest BCUT2D eigenvalue weighted by Gasteiger charge is -2.23. The van der Waals surface area contributed by atoms with Crippen LogP contribution in [0.3, 0.4) is 0 Å². The Morgan fingerprint density at radius 1 is 1.29 bits per heavy atom. The minimum atomic E-state index is 0. The maximum absolute atomic E-state index is 11.9. The zero-order chi connectivity index (χ0) is 14.2. The van der Waals surface area contributed by atoms with Crippen molar-refractivity contribution in [2.45, 2.75) is 38.1 Å². The van der Waals surface area contributed by atoms with Crippen molar-refractivity contribution in [2.24, 2.45) is 0 Å². The third-order valence-electron chi connectivity index (χ3n) is 3.73. The summed E-state index contributed by atoms with van der Waals surface area (Å²) in [5.74, 6) is 1.06. The van der Waals surface area contributed by atoms with E-state index in [2.05, 4.69) is 22.8 Å². The molecule has 0 aromatic heterocycles. The first-order valence-electron chi connectivity index (χ1n) is 7.41. The molecular formula is C16H25ClN2O2. The minimum Gasteiger partial charge on any atom is -0.497 e. The SMILES string of the molecule is COc1ccc(CCCC(=O)NC2CCNCC2)cc1.Cl. The third kappa shape index (κ3) is 6.36. The second kappa shape index (κ2) is 9.64. The number of methoxy groups -OCH3 is 1. The molecule has 118 valence electrons. The molecular weight excluding hydrogens is 288 g/mol. The Morgan fingerprint density at radius 3 is 2.57 bits per heavy atom. The van der Waals surface area contributed by atoms with Gasteiger partial charge in [0.2, 0.25) is 5.91 Å². The molecule has 0 saturated carbocycles. The van der Waals surface area contributed by atoms with E-state index in [-0.39, 0.29) is 18.3 Å². The molecule has 5 heteroatoms. The number of hydrogen-bond donors (Lipinski definition) is 2. The van der Waals surface area contributed by atoms with Gasteiger partial charge in [-0.3, -0.25) is 4.79 Å². The lowest BCUT2D eigenvalue weighted by atomic mass is 10.1. The first-order valence-corrected chi connectivity index (χ1v) is 7.41. The second-order valence-corrected chi connectivity index (χ2v) is 5.29. The molecule has 1 aromatic carbocycles. The number of amides is 1. The summed E-state index contributed by atoms with van der Waals surface area (Å²) >= 11 is 0. The summed E-state index contributed by atoms with van der Waals surface area (Å²) in [6.45, 7) is 2.02. The number of aryl methyl sites for hydroxylation is 1. The van der Waals surface area contributed by atoms with Crippen molar-refractivity contribution in [3.8, 4) is 5.75 Å². The van der Waals surface area contributed by atoms with Gasteiger partial charge in [0.25, 0.3) is 0 Å². The van der Waals surface area contributed by atoms with Crippen LogP contribution in [0.25, 0.3) is 0 Å². The highest BCUT2D eigenvalue weighted by molar-refractivity contribution is 5.85. The summed E-state index contributed by atoms with van der Waals surface area (Å²) in [6.07, 6.45) is 4.52. The third-order valence-corrected chi connectivity index (χ3v) is 3.73. The molecule has 0 unspecified atom stereocenters. The molecule has 4 nitrogen and oxygen atoms in total. The summed E-state index contributed by atoms with van der Waals surface area (Å²) in [5, 5.41) is 6.42. The van der Waals surface area contributed by atoms with Crippen molar-refractivity contribution in [3.05, 3.63) is 29.8 Å². The molecule has 1 heterocycles. The maximum Gasteiger partial charge on any atom is 0.220 e. The quantitative estimate of drug-likeness (QED) is 0.847. The molecule has 0 aliphatic carbocycles. The van der Waals surface area contributed by atoms with E-state index in [9.17, 15) is 4.79 Å². The Kier molecular flexibility index (Phi) is 8.16. The summed E-state index contributed by atoms with van der Waals surface area (Å²) < 4.78 is 5.13. The van der Waals surface area contributed by atoms with Crippen LogP contribution in [0.2, 0.25) is 0 Å². The number of carbonyl (C=O) groups is 1.